The molecule has 1 aromatic heterocycles. The molecule has 10 nitrogen and oxygen atoms in total. The van der Waals surface area contributed by atoms with Crippen LogP contribution in [0, 0.1) is 11.7 Å². The molecule has 0 saturated heterocycles. The van der Waals surface area contributed by atoms with Gasteiger partial charge in [-0.05, 0) is 64.5 Å². The monoisotopic (exact) mass is 557 g/mol. The van der Waals surface area contributed by atoms with Crippen molar-refractivity contribution in [1.82, 2.24) is 24.7 Å². The maximum atomic E-state index is 14.6. The van der Waals surface area contributed by atoms with Crippen molar-refractivity contribution < 1.29 is 27.1 Å². The van der Waals surface area contributed by atoms with E-state index in [0.717, 1.165) is 0 Å². The molecule has 1 fully saturated rings. The summed E-state index contributed by atoms with van der Waals surface area (Å²) < 4.78 is 46.9. The van der Waals surface area contributed by atoms with E-state index in [0.29, 0.717) is 36.9 Å². The van der Waals surface area contributed by atoms with Gasteiger partial charge in [-0.25, -0.2) is 22.6 Å². The van der Waals surface area contributed by atoms with E-state index in [1.165, 1.54) is 12.1 Å². The van der Waals surface area contributed by atoms with Crippen LogP contribution >= 0.6 is 11.6 Å². The molecule has 0 aliphatic heterocycles. The number of amides is 2. The van der Waals surface area contributed by atoms with Gasteiger partial charge in [0.1, 0.15) is 5.60 Å². The number of sulfonamides is 1. The van der Waals surface area contributed by atoms with Gasteiger partial charge >= 0.3 is 6.09 Å². The number of hydrogen-bond acceptors (Lipinski definition) is 6. The van der Waals surface area contributed by atoms with Crippen LogP contribution in [0.3, 0.4) is 0 Å². The predicted octanol–water partition coefficient (Wildman–Crippen LogP) is 3.87. The van der Waals surface area contributed by atoms with Gasteiger partial charge < -0.3 is 14.2 Å². The fourth-order valence-electron chi connectivity index (χ4n) is 4.19. The molecule has 0 atom stereocenters. The van der Waals surface area contributed by atoms with Crippen LogP contribution in [0.5, 0.6) is 0 Å². The minimum Gasteiger partial charge on any atom is -0.444 e. The number of benzene rings is 1. The van der Waals surface area contributed by atoms with E-state index in [1.807, 2.05) is 0 Å². The fourth-order valence-corrected chi connectivity index (χ4v) is 5.69. The van der Waals surface area contributed by atoms with E-state index in [9.17, 15) is 22.4 Å². The van der Waals surface area contributed by atoms with E-state index in [2.05, 4.69) is 15.2 Å². The van der Waals surface area contributed by atoms with Gasteiger partial charge in [0, 0.05) is 31.9 Å². The van der Waals surface area contributed by atoms with E-state index in [4.69, 9.17) is 16.3 Å². The van der Waals surface area contributed by atoms with Crippen molar-refractivity contribution in [2.75, 3.05) is 12.8 Å². The first kappa shape index (κ1) is 28.9. The second-order valence-corrected chi connectivity index (χ2v) is 12.5. The van der Waals surface area contributed by atoms with E-state index < -0.39 is 39.0 Å². The van der Waals surface area contributed by atoms with Gasteiger partial charge in [-0.2, -0.15) is 0 Å². The lowest BCUT2D eigenvalue weighted by Gasteiger charge is -2.35. The Balaban J connectivity index is 1.56. The molecule has 2 N–H and O–H groups in total. The molecule has 0 spiro atoms. The molecule has 13 heteroatoms. The Labute approximate surface area is 221 Å². The molecule has 1 heterocycles. The third-order valence-electron chi connectivity index (χ3n) is 6.09. The Morgan fingerprint density at radius 3 is 2.46 bits per heavy atom. The molecule has 204 valence electrons. The Morgan fingerprint density at radius 1 is 1.24 bits per heavy atom. The maximum absolute atomic E-state index is 14.6. The molecule has 0 bridgehead atoms. The molecular formula is C24H33ClFN5O5S. The lowest BCUT2D eigenvalue weighted by molar-refractivity contribution is 0.0175. The lowest BCUT2D eigenvalue weighted by Crippen LogP contribution is -2.45. The maximum Gasteiger partial charge on any atom is 0.410 e. The van der Waals surface area contributed by atoms with Crippen molar-refractivity contribution in [2.24, 2.45) is 13.0 Å². The second kappa shape index (κ2) is 11.4. The topological polar surface area (TPSA) is 123 Å². The Kier molecular flexibility index (Phi) is 8.86. The second-order valence-electron chi connectivity index (χ2n) is 10.3. The molecule has 1 aliphatic rings. The van der Waals surface area contributed by atoms with Crippen LogP contribution in [-0.2, 0) is 21.8 Å². The Bertz CT molecular complexity index is 1250. The van der Waals surface area contributed by atoms with Crippen LogP contribution in [0.15, 0.2) is 24.7 Å². The van der Waals surface area contributed by atoms with Gasteiger partial charge in [0.25, 0.3) is 5.91 Å². The number of halogens is 2. The largest absolute Gasteiger partial charge is 0.444 e. The first-order valence-corrected chi connectivity index (χ1v) is 13.9. The Morgan fingerprint density at radius 2 is 1.89 bits per heavy atom. The third kappa shape index (κ3) is 7.89. The number of rotatable bonds is 7. The fraction of sp³-hybridized carbons (Fsp3) is 0.542. The molecule has 1 aromatic carbocycles. The van der Waals surface area contributed by atoms with Crippen molar-refractivity contribution in [3.05, 3.63) is 41.1 Å². The summed E-state index contributed by atoms with van der Waals surface area (Å²) in [6.45, 7) is 5.39. The minimum absolute atomic E-state index is 0.0411. The van der Waals surface area contributed by atoms with Gasteiger partial charge in [0.05, 0.1) is 28.4 Å². The minimum atomic E-state index is -3.90. The van der Waals surface area contributed by atoms with E-state index >= 15 is 0 Å². The number of nitrogens with one attached hydrogen (secondary N) is 2. The van der Waals surface area contributed by atoms with Gasteiger partial charge in [-0.3, -0.25) is 10.2 Å². The number of nitrogens with zero attached hydrogens (tertiary/aromatic N) is 3. The van der Waals surface area contributed by atoms with Gasteiger partial charge in [0.15, 0.2) is 5.82 Å². The Hall–Kier alpha value is -2.70. The number of aromatic nitrogens is 2. The molecule has 37 heavy (non-hydrogen) atoms. The van der Waals surface area contributed by atoms with Crippen LogP contribution in [0.25, 0.3) is 11.3 Å². The first-order valence-electron chi connectivity index (χ1n) is 11.9. The number of ether oxygens (including phenoxy) is 1. The smallest absolute Gasteiger partial charge is 0.410 e. The summed E-state index contributed by atoms with van der Waals surface area (Å²) in [6.07, 6.45) is 5.25. The van der Waals surface area contributed by atoms with Gasteiger partial charge in [-0.15, -0.1) is 4.83 Å². The normalized spacial score (nSPS) is 18.4. The number of aryl methyl sites for hydroxylation is 1. The average Bonchev–Trinajstić information content (AvgIpc) is 3.24. The summed E-state index contributed by atoms with van der Waals surface area (Å²) in [6, 6.07) is 2.56. The van der Waals surface area contributed by atoms with E-state index in [-0.39, 0.29) is 22.7 Å². The van der Waals surface area contributed by atoms with Crippen molar-refractivity contribution in [2.45, 2.75) is 58.1 Å². The molecule has 1 aliphatic carbocycles. The zero-order valence-electron chi connectivity index (χ0n) is 21.5. The third-order valence-corrected chi connectivity index (χ3v) is 7.69. The molecule has 2 amide bonds. The summed E-state index contributed by atoms with van der Waals surface area (Å²) in [5.74, 6) is -2.32. The molecule has 2 aromatic rings. The summed E-state index contributed by atoms with van der Waals surface area (Å²) >= 11 is 5.96. The standard InChI is InChI=1S/C24H33ClFN5O5S/c1-24(2,3)36-23(33)31(5)17-8-6-15(7-9-17)13-37(34,35)29-28-22(32)18-10-16(11-19(25)21(18)26)20-12-30(4)14-27-20/h10-12,14-15,17,29H,6-9,13H2,1-5H3,(H,28,32)/t15-,17-. The van der Waals surface area contributed by atoms with Crippen molar-refractivity contribution in [3.63, 3.8) is 0 Å². The van der Waals surface area contributed by atoms with Crippen molar-refractivity contribution in [1.29, 1.82) is 0 Å². The predicted molar refractivity (Wildman–Crippen MR) is 138 cm³/mol. The zero-order valence-corrected chi connectivity index (χ0v) is 23.1. The highest BCUT2D eigenvalue weighted by molar-refractivity contribution is 7.89. The van der Waals surface area contributed by atoms with Crippen LogP contribution in [0.4, 0.5) is 9.18 Å². The van der Waals surface area contributed by atoms with Crippen LogP contribution in [0.2, 0.25) is 5.02 Å². The molecule has 3 rings (SSSR count). The van der Waals surface area contributed by atoms with E-state index in [1.54, 1.807) is 56.9 Å². The molecule has 0 radical (unpaired) electrons. The van der Waals surface area contributed by atoms with Crippen molar-refractivity contribution >= 4 is 33.6 Å². The molecular weight excluding hydrogens is 525 g/mol. The number of carbonyl (C=O) groups excluding carboxylic acids is 2. The number of hydrazine groups is 1. The van der Waals surface area contributed by atoms with Crippen molar-refractivity contribution in [3.8, 4) is 11.3 Å². The highest BCUT2D eigenvalue weighted by atomic mass is 35.5. The number of carbonyl (C=O) groups is 2. The highest BCUT2D eigenvalue weighted by Crippen LogP contribution is 2.29. The highest BCUT2D eigenvalue weighted by Gasteiger charge is 2.31. The quantitative estimate of drug-likeness (QED) is 0.498. The average molecular weight is 558 g/mol. The summed E-state index contributed by atoms with van der Waals surface area (Å²) in [5.41, 5.74) is 1.95. The number of imidazole rings is 1. The van der Waals surface area contributed by atoms with Gasteiger partial charge in [-0.1, -0.05) is 11.6 Å². The van der Waals surface area contributed by atoms with Crippen LogP contribution in [0.1, 0.15) is 56.8 Å². The molecule has 0 unspecified atom stereocenters. The molecule has 1 saturated carbocycles. The lowest BCUT2D eigenvalue weighted by atomic mass is 9.87. The van der Waals surface area contributed by atoms with Crippen LogP contribution in [-0.4, -0.2) is 59.3 Å². The number of hydrogen-bond donors (Lipinski definition) is 2. The van der Waals surface area contributed by atoms with Crippen LogP contribution < -0.4 is 10.3 Å². The van der Waals surface area contributed by atoms with Gasteiger partial charge in [0.2, 0.25) is 10.0 Å². The summed E-state index contributed by atoms with van der Waals surface area (Å²) in [7, 11) is -0.461. The summed E-state index contributed by atoms with van der Waals surface area (Å²) in [4.78, 5) is 32.7. The zero-order chi connectivity index (χ0) is 27.5. The summed E-state index contributed by atoms with van der Waals surface area (Å²) in [5, 5.41) is -0.288. The SMILES string of the molecule is Cn1cnc(-c2cc(Cl)c(F)c(C(=O)NNS(=O)(=O)C[C@H]3CC[C@H](N(C)C(=O)OC(C)(C)C)CC3)c2)c1. The first-order chi connectivity index (χ1) is 17.1.